The van der Waals surface area contributed by atoms with Gasteiger partial charge in [-0.3, -0.25) is 9.69 Å². The Kier molecular flexibility index (Phi) is 3.78. The maximum absolute atomic E-state index is 11.9. The highest BCUT2D eigenvalue weighted by Gasteiger charge is 2.31. The summed E-state index contributed by atoms with van der Waals surface area (Å²) in [5, 5.41) is 0. The fourth-order valence-electron chi connectivity index (χ4n) is 2.03. The van der Waals surface area contributed by atoms with Crippen molar-refractivity contribution < 1.29 is 9.53 Å². The Labute approximate surface area is 96.5 Å². The van der Waals surface area contributed by atoms with Crippen LogP contribution in [-0.2, 0) is 9.53 Å². The van der Waals surface area contributed by atoms with Gasteiger partial charge >= 0.3 is 0 Å². The Morgan fingerprint density at radius 2 is 2.31 bits per heavy atom. The largest absolute Gasteiger partial charge is 0.374 e. The van der Waals surface area contributed by atoms with Crippen molar-refractivity contribution in [2.75, 3.05) is 39.8 Å². The van der Waals surface area contributed by atoms with Crippen LogP contribution in [0.15, 0.2) is 0 Å². The molecular weight excluding hydrogens is 206 g/mol. The molecule has 2 N–H and O–H groups in total. The molecule has 1 saturated heterocycles. The molecule has 2 fully saturated rings. The van der Waals surface area contributed by atoms with Gasteiger partial charge in [-0.25, -0.2) is 0 Å². The Morgan fingerprint density at radius 1 is 1.56 bits per heavy atom. The predicted molar refractivity (Wildman–Crippen MR) is 61.0 cm³/mol. The molecule has 0 aromatic heterocycles. The van der Waals surface area contributed by atoms with Gasteiger partial charge in [0.2, 0.25) is 5.91 Å². The first kappa shape index (κ1) is 11.8. The van der Waals surface area contributed by atoms with Gasteiger partial charge in [0.25, 0.3) is 0 Å². The lowest BCUT2D eigenvalue weighted by Crippen LogP contribution is -2.49. The van der Waals surface area contributed by atoms with E-state index in [9.17, 15) is 4.79 Å². The summed E-state index contributed by atoms with van der Waals surface area (Å²) >= 11 is 0. The van der Waals surface area contributed by atoms with E-state index in [0.29, 0.717) is 25.7 Å². The van der Waals surface area contributed by atoms with Crippen molar-refractivity contribution in [3.8, 4) is 0 Å². The van der Waals surface area contributed by atoms with Crippen LogP contribution in [0, 0.1) is 0 Å². The van der Waals surface area contributed by atoms with Crippen molar-refractivity contribution in [2.24, 2.45) is 5.73 Å². The lowest BCUT2D eigenvalue weighted by atomic mass is 10.2. The third-order valence-corrected chi connectivity index (χ3v) is 3.33. The van der Waals surface area contributed by atoms with Gasteiger partial charge in [0.05, 0.1) is 19.3 Å². The quantitative estimate of drug-likeness (QED) is 0.688. The highest BCUT2D eigenvalue weighted by molar-refractivity contribution is 5.78. The van der Waals surface area contributed by atoms with Crippen LogP contribution < -0.4 is 5.73 Å². The van der Waals surface area contributed by atoms with E-state index in [1.165, 1.54) is 0 Å². The normalized spacial score (nSPS) is 26.8. The first-order valence-corrected chi connectivity index (χ1v) is 6.00. The minimum atomic E-state index is 0.0905. The second-order valence-corrected chi connectivity index (χ2v) is 4.70. The third-order valence-electron chi connectivity index (χ3n) is 3.33. The molecule has 92 valence electrons. The number of ether oxygens (including phenoxy) is 1. The molecule has 1 amide bonds. The van der Waals surface area contributed by atoms with Crippen LogP contribution in [0.3, 0.4) is 0 Å². The third kappa shape index (κ3) is 2.93. The van der Waals surface area contributed by atoms with Crippen molar-refractivity contribution in [2.45, 2.75) is 25.0 Å². The summed E-state index contributed by atoms with van der Waals surface area (Å²) in [4.78, 5) is 15.9. The fourth-order valence-corrected chi connectivity index (χ4v) is 2.03. The van der Waals surface area contributed by atoms with Crippen molar-refractivity contribution in [3.05, 3.63) is 0 Å². The highest BCUT2D eigenvalue weighted by atomic mass is 16.5. The molecule has 1 heterocycles. The topological polar surface area (TPSA) is 58.8 Å². The number of nitrogens with zero attached hydrogens (tertiary/aromatic N) is 2. The summed E-state index contributed by atoms with van der Waals surface area (Å²) in [5.41, 5.74) is 5.57. The number of likely N-dealkylation sites (N-methyl/N-ethyl adjacent to an activating group) is 1. The van der Waals surface area contributed by atoms with Crippen LogP contribution in [0.1, 0.15) is 12.8 Å². The number of carbonyl (C=O) groups excluding carboxylic acids is 1. The molecular formula is C11H21N3O2. The summed E-state index contributed by atoms with van der Waals surface area (Å²) in [6, 6.07) is 0.499. The Balaban J connectivity index is 1.77. The number of morpholine rings is 1. The van der Waals surface area contributed by atoms with E-state index >= 15 is 0 Å². The van der Waals surface area contributed by atoms with Crippen LogP contribution in [0.5, 0.6) is 0 Å². The summed E-state index contributed by atoms with van der Waals surface area (Å²) in [5.74, 6) is 0.222. The van der Waals surface area contributed by atoms with Crippen LogP contribution >= 0.6 is 0 Å². The summed E-state index contributed by atoms with van der Waals surface area (Å²) in [6.45, 7) is 3.33. The molecule has 1 atom stereocenters. The van der Waals surface area contributed by atoms with Gasteiger partial charge in [-0.15, -0.1) is 0 Å². The lowest BCUT2D eigenvalue weighted by Gasteiger charge is -2.32. The molecule has 0 aromatic carbocycles. The van der Waals surface area contributed by atoms with Gasteiger partial charge in [0.1, 0.15) is 0 Å². The fraction of sp³-hybridized carbons (Fsp3) is 0.909. The van der Waals surface area contributed by atoms with E-state index in [1.54, 1.807) is 0 Å². The molecule has 0 bridgehead atoms. The zero-order chi connectivity index (χ0) is 11.5. The molecule has 1 unspecified atom stereocenters. The van der Waals surface area contributed by atoms with E-state index < -0.39 is 0 Å². The smallest absolute Gasteiger partial charge is 0.236 e. The Hall–Kier alpha value is -0.650. The van der Waals surface area contributed by atoms with Gasteiger partial charge in [0.15, 0.2) is 0 Å². The predicted octanol–water partition coefficient (Wildman–Crippen LogP) is -0.733. The molecule has 16 heavy (non-hydrogen) atoms. The number of carbonyl (C=O) groups is 1. The molecule has 0 spiro atoms. The first-order valence-electron chi connectivity index (χ1n) is 6.00. The Morgan fingerprint density at radius 3 is 2.94 bits per heavy atom. The van der Waals surface area contributed by atoms with Crippen LogP contribution in [-0.4, -0.2) is 67.7 Å². The minimum absolute atomic E-state index is 0.0905. The zero-order valence-electron chi connectivity index (χ0n) is 9.89. The summed E-state index contributed by atoms with van der Waals surface area (Å²) < 4.78 is 5.47. The maximum Gasteiger partial charge on any atom is 0.236 e. The monoisotopic (exact) mass is 227 g/mol. The van der Waals surface area contributed by atoms with Crippen molar-refractivity contribution >= 4 is 5.91 Å². The SMILES string of the molecule is CN(C(=O)CN1CCOC(CN)C1)C1CC1. The van der Waals surface area contributed by atoms with Crippen LogP contribution in [0.25, 0.3) is 0 Å². The number of hydrogen-bond donors (Lipinski definition) is 1. The maximum atomic E-state index is 11.9. The number of rotatable bonds is 4. The second-order valence-electron chi connectivity index (χ2n) is 4.70. The molecule has 5 nitrogen and oxygen atoms in total. The van der Waals surface area contributed by atoms with Crippen LogP contribution in [0.2, 0.25) is 0 Å². The number of nitrogens with two attached hydrogens (primary N) is 1. The molecule has 1 saturated carbocycles. The molecule has 0 radical (unpaired) electrons. The standard InChI is InChI=1S/C11H21N3O2/c1-13(9-2-3-9)11(15)8-14-4-5-16-10(6-12)7-14/h9-10H,2-8,12H2,1H3. The van der Waals surface area contributed by atoms with Crippen molar-refractivity contribution in [3.63, 3.8) is 0 Å². The molecule has 1 aliphatic carbocycles. The van der Waals surface area contributed by atoms with Gasteiger partial charge in [-0.05, 0) is 12.8 Å². The highest BCUT2D eigenvalue weighted by Crippen LogP contribution is 2.25. The van der Waals surface area contributed by atoms with E-state index in [-0.39, 0.29) is 12.0 Å². The van der Waals surface area contributed by atoms with E-state index in [2.05, 4.69) is 4.90 Å². The second kappa shape index (κ2) is 5.12. The first-order chi connectivity index (χ1) is 7.70. The molecule has 2 rings (SSSR count). The van der Waals surface area contributed by atoms with E-state index in [1.807, 2.05) is 11.9 Å². The van der Waals surface area contributed by atoms with Gasteiger partial charge in [0, 0.05) is 32.7 Å². The number of hydrogen-bond acceptors (Lipinski definition) is 4. The van der Waals surface area contributed by atoms with E-state index in [4.69, 9.17) is 10.5 Å². The molecule has 5 heteroatoms. The van der Waals surface area contributed by atoms with Crippen LogP contribution in [0.4, 0.5) is 0 Å². The van der Waals surface area contributed by atoms with E-state index in [0.717, 1.165) is 25.9 Å². The van der Waals surface area contributed by atoms with Gasteiger partial charge < -0.3 is 15.4 Å². The van der Waals surface area contributed by atoms with Crippen molar-refractivity contribution in [1.82, 2.24) is 9.80 Å². The van der Waals surface area contributed by atoms with Crippen molar-refractivity contribution in [1.29, 1.82) is 0 Å². The number of amides is 1. The summed E-state index contributed by atoms with van der Waals surface area (Å²) in [6.07, 6.45) is 2.42. The van der Waals surface area contributed by atoms with Gasteiger partial charge in [-0.2, -0.15) is 0 Å². The Bertz CT molecular complexity index is 256. The zero-order valence-corrected chi connectivity index (χ0v) is 9.89. The molecule has 1 aliphatic heterocycles. The van der Waals surface area contributed by atoms with Gasteiger partial charge in [-0.1, -0.05) is 0 Å². The molecule has 2 aliphatic rings. The lowest BCUT2D eigenvalue weighted by molar-refractivity contribution is -0.133. The summed E-state index contributed by atoms with van der Waals surface area (Å²) in [7, 11) is 1.90. The average Bonchev–Trinajstić information content (AvgIpc) is 3.12. The average molecular weight is 227 g/mol. The minimum Gasteiger partial charge on any atom is -0.374 e. The molecule has 0 aromatic rings.